The lowest BCUT2D eigenvalue weighted by molar-refractivity contribution is -0.384. The molecule has 0 atom stereocenters. The van der Waals surface area contributed by atoms with Gasteiger partial charge < -0.3 is 10.4 Å². The highest BCUT2D eigenvalue weighted by Crippen LogP contribution is 2.28. The molecule has 96 valence electrons. The second-order valence-electron chi connectivity index (χ2n) is 3.92. The molecule has 0 heterocycles. The van der Waals surface area contributed by atoms with E-state index in [2.05, 4.69) is 5.32 Å². The van der Waals surface area contributed by atoms with Gasteiger partial charge in [-0.2, -0.15) is 0 Å². The van der Waals surface area contributed by atoms with E-state index in [1.54, 1.807) is 0 Å². The normalized spacial score (nSPS) is 9.67. The summed E-state index contributed by atoms with van der Waals surface area (Å²) >= 11 is 0. The van der Waals surface area contributed by atoms with Gasteiger partial charge in [-0.25, -0.2) is 4.79 Å². The molecule has 0 unspecified atom stereocenters. The van der Waals surface area contributed by atoms with Crippen LogP contribution in [0.1, 0.15) is 24.2 Å². The number of allylic oxidation sites excluding steroid dienone is 1. The van der Waals surface area contributed by atoms with Crippen LogP contribution >= 0.6 is 0 Å². The van der Waals surface area contributed by atoms with E-state index in [-0.39, 0.29) is 16.9 Å². The topological polar surface area (TPSA) is 92.5 Å². The summed E-state index contributed by atoms with van der Waals surface area (Å²) in [5, 5.41) is 22.6. The Hall–Kier alpha value is -2.37. The van der Waals surface area contributed by atoms with Crippen molar-refractivity contribution in [3.8, 4) is 0 Å². The first-order valence-electron chi connectivity index (χ1n) is 5.31. The van der Waals surface area contributed by atoms with E-state index in [0.29, 0.717) is 6.54 Å². The van der Waals surface area contributed by atoms with Gasteiger partial charge in [0.2, 0.25) is 0 Å². The molecule has 0 fully saturated rings. The number of aromatic carboxylic acids is 1. The fourth-order valence-electron chi connectivity index (χ4n) is 1.41. The van der Waals surface area contributed by atoms with Crippen LogP contribution in [0.4, 0.5) is 11.4 Å². The number of nitro groups is 1. The Labute approximate surface area is 104 Å². The molecular weight excluding hydrogens is 236 g/mol. The average Bonchev–Trinajstić information content (AvgIpc) is 2.28. The number of anilines is 1. The van der Waals surface area contributed by atoms with E-state index >= 15 is 0 Å². The van der Waals surface area contributed by atoms with E-state index < -0.39 is 10.9 Å². The minimum Gasteiger partial charge on any atom is -0.478 e. The molecule has 6 nitrogen and oxygen atoms in total. The van der Waals surface area contributed by atoms with Crippen molar-refractivity contribution in [3.63, 3.8) is 0 Å². The maximum Gasteiger partial charge on any atom is 0.338 e. The van der Waals surface area contributed by atoms with Crippen molar-refractivity contribution in [2.24, 2.45) is 0 Å². The minimum absolute atomic E-state index is 0.0347. The molecule has 1 aromatic carbocycles. The summed E-state index contributed by atoms with van der Waals surface area (Å²) in [6.45, 7) is 4.12. The molecule has 0 aliphatic rings. The van der Waals surface area contributed by atoms with Crippen molar-refractivity contribution in [3.05, 3.63) is 45.5 Å². The van der Waals surface area contributed by atoms with E-state index in [9.17, 15) is 14.9 Å². The highest BCUT2D eigenvalue weighted by atomic mass is 16.6. The summed E-state index contributed by atoms with van der Waals surface area (Å²) < 4.78 is 0. The van der Waals surface area contributed by atoms with Gasteiger partial charge in [-0.3, -0.25) is 10.1 Å². The number of hydrogen-bond acceptors (Lipinski definition) is 4. The van der Waals surface area contributed by atoms with Gasteiger partial charge in [0.05, 0.1) is 10.5 Å². The number of rotatable bonds is 5. The zero-order valence-corrected chi connectivity index (χ0v) is 10.1. The van der Waals surface area contributed by atoms with Crippen molar-refractivity contribution in [2.45, 2.75) is 13.8 Å². The third kappa shape index (κ3) is 3.31. The highest BCUT2D eigenvalue weighted by molar-refractivity contribution is 5.96. The summed E-state index contributed by atoms with van der Waals surface area (Å²) in [5.41, 5.74) is 0.730. The van der Waals surface area contributed by atoms with Crippen molar-refractivity contribution in [2.75, 3.05) is 11.9 Å². The van der Waals surface area contributed by atoms with Crippen molar-refractivity contribution in [1.29, 1.82) is 0 Å². The predicted octanol–water partition coefficient (Wildman–Crippen LogP) is 2.67. The summed E-state index contributed by atoms with van der Waals surface area (Å²) in [5.74, 6) is -1.20. The van der Waals surface area contributed by atoms with Crippen LogP contribution in [0.5, 0.6) is 0 Å². The molecule has 0 amide bonds. The predicted molar refractivity (Wildman–Crippen MR) is 68.0 cm³/mol. The van der Waals surface area contributed by atoms with Gasteiger partial charge >= 0.3 is 5.97 Å². The first-order valence-corrected chi connectivity index (χ1v) is 5.31. The van der Waals surface area contributed by atoms with E-state index in [1.807, 2.05) is 19.9 Å². The number of carboxylic acid groups (broad SMARTS) is 1. The molecule has 0 bridgehead atoms. The fourth-order valence-corrected chi connectivity index (χ4v) is 1.41. The molecule has 0 saturated carbocycles. The lowest BCUT2D eigenvalue weighted by Crippen LogP contribution is -2.09. The molecule has 0 spiro atoms. The Bertz CT molecular complexity index is 473. The Balaban J connectivity index is 3.15. The van der Waals surface area contributed by atoms with Crippen molar-refractivity contribution in [1.82, 2.24) is 0 Å². The highest BCUT2D eigenvalue weighted by Gasteiger charge is 2.20. The second-order valence-corrected chi connectivity index (χ2v) is 3.92. The number of nitrogens with one attached hydrogen (secondary N) is 1. The summed E-state index contributed by atoms with van der Waals surface area (Å²) in [4.78, 5) is 21.3. The molecule has 0 aliphatic carbocycles. The third-order valence-electron chi connectivity index (χ3n) is 2.26. The molecule has 2 N–H and O–H groups in total. The van der Waals surface area contributed by atoms with E-state index in [1.165, 1.54) is 18.2 Å². The Morgan fingerprint density at radius 1 is 1.50 bits per heavy atom. The first kappa shape index (κ1) is 13.7. The molecule has 0 saturated heterocycles. The van der Waals surface area contributed by atoms with Crippen LogP contribution in [-0.2, 0) is 0 Å². The van der Waals surface area contributed by atoms with Crippen molar-refractivity contribution < 1.29 is 14.8 Å². The molecule has 0 aliphatic heterocycles. The lowest BCUT2D eigenvalue weighted by atomic mass is 10.1. The van der Waals surface area contributed by atoms with Crippen LogP contribution in [0.15, 0.2) is 29.8 Å². The van der Waals surface area contributed by atoms with Crippen LogP contribution in [-0.4, -0.2) is 22.5 Å². The Kier molecular flexibility index (Phi) is 4.42. The summed E-state index contributed by atoms with van der Waals surface area (Å²) in [7, 11) is 0. The van der Waals surface area contributed by atoms with E-state index in [0.717, 1.165) is 5.57 Å². The molecule has 18 heavy (non-hydrogen) atoms. The van der Waals surface area contributed by atoms with Crippen LogP contribution in [0.25, 0.3) is 0 Å². The molecule has 1 aromatic rings. The van der Waals surface area contributed by atoms with Gasteiger partial charge in [-0.15, -0.1) is 0 Å². The van der Waals surface area contributed by atoms with Crippen LogP contribution in [0.2, 0.25) is 0 Å². The minimum atomic E-state index is -1.20. The third-order valence-corrected chi connectivity index (χ3v) is 2.26. The number of carboxylic acids is 1. The van der Waals surface area contributed by atoms with Gasteiger partial charge in [0.25, 0.3) is 5.69 Å². The second kappa shape index (κ2) is 5.81. The Morgan fingerprint density at radius 3 is 2.67 bits per heavy atom. The lowest BCUT2D eigenvalue weighted by Gasteiger charge is -2.08. The van der Waals surface area contributed by atoms with Crippen LogP contribution < -0.4 is 5.32 Å². The van der Waals surface area contributed by atoms with Crippen LogP contribution in [0.3, 0.4) is 0 Å². The standard InChI is InChI=1S/C12H14N2O4/c1-8(2)6-7-13-11-9(12(15)16)4-3-5-10(11)14(17)18/h3-6,13H,7H2,1-2H3,(H,15,16). The number of para-hydroxylation sites is 1. The number of nitrogens with zero attached hydrogens (tertiary/aromatic N) is 1. The quantitative estimate of drug-likeness (QED) is 0.476. The zero-order valence-electron chi connectivity index (χ0n) is 10.1. The molecular formula is C12H14N2O4. The number of benzene rings is 1. The van der Waals surface area contributed by atoms with Gasteiger partial charge in [0.1, 0.15) is 5.69 Å². The monoisotopic (exact) mass is 250 g/mol. The molecule has 6 heteroatoms. The SMILES string of the molecule is CC(C)=CCNc1c(C(=O)O)cccc1[N+](=O)[O-]. The number of hydrogen-bond donors (Lipinski definition) is 2. The fraction of sp³-hybridized carbons (Fsp3) is 0.250. The van der Waals surface area contributed by atoms with Gasteiger partial charge in [0.15, 0.2) is 0 Å². The first-order chi connectivity index (χ1) is 8.43. The van der Waals surface area contributed by atoms with E-state index in [4.69, 9.17) is 5.11 Å². The molecule has 0 radical (unpaired) electrons. The largest absolute Gasteiger partial charge is 0.478 e. The van der Waals surface area contributed by atoms with Gasteiger partial charge in [0, 0.05) is 12.6 Å². The maximum absolute atomic E-state index is 11.0. The van der Waals surface area contributed by atoms with Crippen molar-refractivity contribution >= 4 is 17.3 Å². The smallest absolute Gasteiger partial charge is 0.338 e. The Morgan fingerprint density at radius 2 is 2.17 bits per heavy atom. The molecule has 1 rings (SSSR count). The van der Waals surface area contributed by atoms with Gasteiger partial charge in [-0.1, -0.05) is 17.7 Å². The zero-order chi connectivity index (χ0) is 13.7. The van der Waals surface area contributed by atoms with Crippen LogP contribution in [0, 0.1) is 10.1 Å². The average molecular weight is 250 g/mol. The molecule has 0 aromatic heterocycles. The maximum atomic E-state index is 11.0. The van der Waals surface area contributed by atoms with Gasteiger partial charge in [-0.05, 0) is 19.9 Å². The number of carbonyl (C=O) groups is 1. The number of nitro benzene ring substituents is 1. The summed E-state index contributed by atoms with van der Waals surface area (Å²) in [6.07, 6.45) is 1.82. The summed E-state index contributed by atoms with van der Waals surface area (Å²) in [6, 6.07) is 3.96.